The van der Waals surface area contributed by atoms with Crippen LogP contribution in [0.25, 0.3) is 11.1 Å². The van der Waals surface area contributed by atoms with E-state index in [0.717, 1.165) is 36.8 Å². The Bertz CT molecular complexity index is 1050. The molecule has 2 aromatic rings. The number of fused-ring (bicyclic) bond motifs is 3. The first-order valence-electron chi connectivity index (χ1n) is 12.1. The van der Waals surface area contributed by atoms with Crippen LogP contribution in [0, 0.1) is 11.8 Å². The highest BCUT2D eigenvalue weighted by Crippen LogP contribution is 2.44. The molecular formula is C27H30N2O5. The first-order chi connectivity index (χ1) is 16.5. The smallest absolute Gasteiger partial charge is 0.407 e. The van der Waals surface area contributed by atoms with Crippen molar-refractivity contribution in [2.45, 2.75) is 56.5 Å². The predicted molar refractivity (Wildman–Crippen MR) is 126 cm³/mol. The molecule has 7 nitrogen and oxygen atoms in total. The summed E-state index contributed by atoms with van der Waals surface area (Å²) in [5.41, 5.74) is 4.62. The number of amides is 2. The number of benzene rings is 2. The molecule has 2 amide bonds. The van der Waals surface area contributed by atoms with Gasteiger partial charge >= 0.3 is 12.1 Å². The summed E-state index contributed by atoms with van der Waals surface area (Å²) in [5.74, 6) is -0.770. The SMILES string of the molecule is O=C(CC(NC(=O)OCC1c2ccccc2-c2ccccc21)C1CC1)N[C@@H](CC1CC1)C(=O)O. The van der Waals surface area contributed by atoms with E-state index in [4.69, 9.17) is 4.74 Å². The Balaban J connectivity index is 1.17. The number of alkyl carbamates (subject to hydrolysis) is 1. The molecule has 0 heterocycles. The monoisotopic (exact) mass is 462 g/mol. The van der Waals surface area contributed by atoms with Crippen molar-refractivity contribution in [3.63, 3.8) is 0 Å². The first-order valence-corrected chi connectivity index (χ1v) is 12.1. The van der Waals surface area contributed by atoms with Crippen LogP contribution in [0.2, 0.25) is 0 Å². The number of carbonyl (C=O) groups is 3. The molecule has 2 atom stereocenters. The Kier molecular flexibility index (Phi) is 6.26. The third-order valence-electron chi connectivity index (χ3n) is 7.14. The number of hydrogen-bond donors (Lipinski definition) is 3. The topological polar surface area (TPSA) is 105 Å². The largest absolute Gasteiger partial charge is 0.480 e. The number of carbonyl (C=O) groups excluding carboxylic acids is 2. The fourth-order valence-electron chi connectivity index (χ4n) is 4.99. The van der Waals surface area contributed by atoms with Gasteiger partial charge in [0.05, 0.1) is 0 Å². The van der Waals surface area contributed by atoms with E-state index in [2.05, 4.69) is 34.9 Å². The lowest BCUT2D eigenvalue weighted by atomic mass is 9.98. The minimum Gasteiger partial charge on any atom is -0.480 e. The average molecular weight is 463 g/mol. The summed E-state index contributed by atoms with van der Waals surface area (Å²) in [6.07, 6.45) is 3.90. The molecule has 2 saturated carbocycles. The van der Waals surface area contributed by atoms with Crippen LogP contribution in [0.15, 0.2) is 48.5 Å². The van der Waals surface area contributed by atoms with E-state index in [-0.39, 0.29) is 36.8 Å². The lowest BCUT2D eigenvalue weighted by molar-refractivity contribution is -0.142. The van der Waals surface area contributed by atoms with Gasteiger partial charge in [0.1, 0.15) is 12.6 Å². The van der Waals surface area contributed by atoms with E-state index in [1.165, 1.54) is 11.1 Å². The van der Waals surface area contributed by atoms with E-state index >= 15 is 0 Å². The van der Waals surface area contributed by atoms with Crippen LogP contribution in [0.4, 0.5) is 4.79 Å². The van der Waals surface area contributed by atoms with Crippen LogP contribution >= 0.6 is 0 Å². The van der Waals surface area contributed by atoms with Crippen molar-refractivity contribution >= 4 is 18.0 Å². The zero-order valence-corrected chi connectivity index (χ0v) is 19.0. The Hall–Kier alpha value is -3.35. The average Bonchev–Trinajstić information content (AvgIpc) is 3.75. The Labute approximate surface area is 198 Å². The molecule has 3 aliphatic rings. The van der Waals surface area contributed by atoms with Gasteiger partial charge < -0.3 is 20.5 Å². The summed E-state index contributed by atoms with van der Waals surface area (Å²) < 4.78 is 5.63. The van der Waals surface area contributed by atoms with E-state index in [1.54, 1.807) is 0 Å². The number of carboxylic acid groups (broad SMARTS) is 1. The van der Waals surface area contributed by atoms with Gasteiger partial charge in [-0.1, -0.05) is 61.4 Å². The summed E-state index contributed by atoms with van der Waals surface area (Å²) in [4.78, 5) is 36.7. The molecular weight excluding hydrogens is 432 g/mol. The molecule has 0 aliphatic heterocycles. The van der Waals surface area contributed by atoms with E-state index in [1.807, 2.05) is 24.3 Å². The van der Waals surface area contributed by atoms with Crippen LogP contribution < -0.4 is 10.6 Å². The highest BCUT2D eigenvalue weighted by molar-refractivity contribution is 5.84. The zero-order valence-electron chi connectivity index (χ0n) is 19.0. The molecule has 7 heteroatoms. The van der Waals surface area contributed by atoms with Crippen LogP contribution in [0.5, 0.6) is 0 Å². The highest BCUT2D eigenvalue weighted by Gasteiger charge is 2.36. The van der Waals surface area contributed by atoms with Crippen molar-refractivity contribution in [2.24, 2.45) is 11.8 Å². The van der Waals surface area contributed by atoms with Gasteiger partial charge in [0, 0.05) is 18.4 Å². The molecule has 3 N–H and O–H groups in total. The van der Waals surface area contributed by atoms with Gasteiger partial charge in [-0.2, -0.15) is 0 Å². The van der Waals surface area contributed by atoms with E-state index in [9.17, 15) is 19.5 Å². The summed E-state index contributed by atoms with van der Waals surface area (Å²) in [6.45, 7) is 0.214. The van der Waals surface area contributed by atoms with Gasteiger partial charge in [-0.25, -0.2) is 9.59 Å². The third kappa shape index (κ3) is 5.08. The number of nitrogens with one attached hydrogen (secondary N) is 2. The summed E-state index contributed by atoms with van der Waals surface area (Å²) >= 11 is 0. The van der Waals surface area contributed by atoms with Crippen LogP contribution in [0.3, 0.4) is 0 Å². The number of hydrogen-bond acceptors (Lipinski definition) is 4. The van der Waals surface area contributed by atoms with Gasteiger partial charge in [0.25, 0.3) is 0 Å². The molecule has 1 unspecified atom stereocenters. The molecule has 0 saturated heterocycles. The fourth-order valence-corrected chi connectivity index (χ4v) is 4.99. The van der Waals surface area contributed by atoms with Crippen molar-refractivity contribution in [3.05, 3.63) is 59.7 Å². The van der Waals surface area contributed by atoms with Crippen LogP contribution in [-0.2, 0) is 14.3 Å². The Morgan fingerprint density at radius 2 is 1.53 bits per heavy atom. The van der Waals surface area contributed by atoms with Gasteiger partial charge in [-0.3, -0.25) is 4.79 Å². The standard InChI is InChI=1S/C27H30N2O5/c30-25(28-24(26(31)32)13-16-9-10-16)14-23(17-11-12-17)29-27(33)34-15-22-20-7-3-1-5-18(20)19-6-2-4-8-21(19)22/h1-8,16-17,22-24H,9-15H2,(H,28,30)(H,29,33)(H,31,32)/t23?,24-/m0/s1. The Morgan fingerprint density at radius 1 is 0.912 bits per heavy atom. The molecule has 0 aromatic heterocycles. The van der Waals surface area contributed by atoms with Crippen LogP contribution in [0.1, 0.15) is 55.6 Å². The second-order valence-corrected chi connectivity index (χ2v) is 9.76. The summed E-state index contributed by atoms with van der Waals surface area (Å²) in [5, 5.41) is 14.9. The van der Waals surface area contributed by atoms with Gasteiger partial charge in [-0.05, 0) is 53.4 Å². The Morgan fingerprint density at radius 3 is 2.09 bits per heavy atom. The van der Waals surface area contributed by atoms with Gasteiger partial charge in [0.15, 0.2) is 0 Å². The zero-order chi connectivity index (χ0) is 23.7. The van der Waals surface area contributed by atoms with Gasteiger partial charge in [-0.15, -0.1) is 0 Å². The molecule has 3 aliphatic carbocycles. The summed E-state index contributed by atoms with van der Waals surface area (Å²) in [7, 11) is 0. The normalized spacial score (nSPS) is 18.4. The molecule has 5 rings (SSSR count). The van der Waals surface area contributed by atoms with E-state index in [0.29, 0.717) is 12.3 Å². The van der Waals surface area contributed by atoms with Crippen molar-refractivity contribution in [1.82, 2.24) is 10.6 Å². The minimum atomic E-state index is -1.01. The van der Waals surface area contributed by atoms with Gasteiger partial charge in [0.2, 0.25) is 5.91 Å². The molecule has 0 radical (unpaired) electrons. The first kappa shape index (κ1) is 22.4. The maximum Gasteiger partial charge on any atom is 0.407 e. The fraction of sp³-hybridized carbons (Fsp3) is 0.444. The van der Waals surface area contributed by atoms with Crippen molar-refractivity contribution < 1.29 is 24.2 Å². The quantitative estimate of drug-likeness (QED) is 0.494. The van der Waals surface area contributed by atoms with Crippen LogP contribution in [-0.4, -0.2) is 41.8 Å². The van der Waals surface area contributed by atoms with Crippen molar-refractivity contribution in [3.8, 4) is 11.1 Å². The maximum atomic E-state index is 12.7. The third-order valence-corrected chi connectivity index (χ3v) is 7.14. The number of carboxylic acids is 1. The second-order valence-electron chi connectivity index (χ2n) is 9.76. The molecule has 34 heavy (non-hydrogen) atoms. The molecule has 2 aromatic carbocycles. The van der Waals surface area contributed by atoms with Crippen molar-refractivity contribution in [2.75, 3.05) is 6.61 Å². The molecule has 0 bridgehead atoms. The highest BCUT2D eigenvalue weighted by atomic mass is 16.5. The molecule has 2 fully saturated rings. The molecule has 0 spiro atoms. The number of rotatable bonds is 10. The lowest BCUT2D eigenvalue weighted by Gasteiger charge is -2.21. The second kappa shape index (κ2) is 9.49. The minimum absolute atomic E-state index is 0.0282. The maximum absolute atomic E-state index is 12.7. The molecule has 178 valence electrons. The predicted octanol–water partition coefficient (Wildman–Crippen LogP) is 4.06. The summed E-state index contributed by atoms with van der Waals surface area (Å²) in [6, 6.07) is 15.1. The number of ether oxygens (including phenoxy) is 1. The number of aliphatic carboxylic acids is 1. The lowest BCUT2D eigenvalue weighted by Crippen LogP contribution is -2.45. The van der Waals surface area contributed by atoms with E-state index < -0.39 is 18.1 Å². The van der Waals surface area contributed by atoms with Crippen molar-refractivity contribution in [1.29, 1.82) is 0 Å².